The van der Waals surface area contributed by atoms with Crippen molar-refractivity contribution in [3.63, 3.8) is 0 Å². The summed E-state index contributed by atoms with van der Waals surface area (Å²) in [5, 5.41) is 22.5. The third-order valence-electron chi connectivity index (χ3n) is 5.59. The van der Waals surface area contributed by atoms with Crippen molar-refractivity contribution in [2.24, 2.45) is 0 Å². The Morgan fingerprint density at radius 1 is 1.16 bits per heavy atom. The first kappa shape index (κ1) is 23.1. The molecule has 32 heavy (non-hydrogen) atoms. The number of aryl methyl sites for hydroxylation is 2. The number of carbonyl (C=O) groups excluding carboxylic acids is 2. The van der Waals surface area contributed by atoms with Gasteiger partial charge >= 0.3 is 0 Å². The second-order valence-corrected chi connectivity index (χ2v) is 8.32. The summed E-state index contributed by atoms with van der Waals surface area (Å²) in [5.41, 5.74) is 2.33. The average Bonchev–Trinajstić information content (AvgIpc) is 2.99. The van der Waals surface area contributed by atoms with Crippen molar-refractivity contribution in [3.05, 3.63) is 80.4 Å². The van der Waals surface area contributed by atoms with Gasteiger partial charge < -0.3 is 14.9 Å². The van der Waals surface area contributed by atoms with Crippen LogP contribution in [0.2, 0.25) is 0 Å². The molecule has 0 radical (unpaired) electrons. The van der Waals surface area contributed by atoms with Gasteiger partial charge in [-0.25, -0.2) is 0 Å². The molecule has 2 aromatic carbocycles. The first-order valence-corrected chi connectivity index (χ1v) is 10.4. The lowest BCUT2D eigenvalue weighted by Crippen LogP contribution is -2.32. The molecule has 0 aliphatic carbocycles. The van der Waals surface area contributed by atoms with Crippen LogP contribution < -0.4 is 0 Å². The number of benzene rings is 2. The van der Waals surface area contributed by atoms with Crippen LogP contribution in [-0.4, -0.2) is 58.7 Å². The molecule has 168 valence electrons. The van der Waals surface area contributed by atoms with Gasteiger partial charge in [0.05, 0.1) is 16.5 Å². The number of amides is 1. The van der Waals surface area contributed by atoms with Gasteiger partial charge in [-0.2, -0.15) is 0 Å². The highest BCUT2D eigenvalue weighted by molar-refractivity contribution is 6.46. The monoisotopic (exact) mass is 437 g/mol. The number of Topliss-reactive ketones (excluding diaryl/α,β-unsaturated/α-hetero) is 1. The molecule has 1 heterocycles. The van der Waals surface area contributed by atoms with Crippen LogP contribution in [0.3, 0.4) is 0 Å². The maximum absolute atomic E-state index is 13.1. The van der Waals surface area contributed by atoms with Crippen molar-refractivity contribution in [1.82, 2.24) is 9.80 Å². The van der Waals surface area contributed by atoms with E-state index in [2.05, 4.69) is 0 Å². The van der Waals surface area contributed by atoms with E-state index in [-0.39, 0.29) is 23.6 Å². The summed E-state index contributed by atoms with van der Waals surface area (Å²) in [7, 11) is 3.82. The minimum atomic E-state index is -0.906. The molecule has 0 bridgehead atoms. The Bertz CT molecular complexity index is 1110. The SMILES string of the molecule is Cc1ccc(C)c(C(O)=C2C(=O)C(=O)N(CCCN(C)C)C2c2cccc([N+](=O)[O-])c2)c1. The fourth-order valence-electron chi connectivity index (χ4n) is 3.96. The fraction of sp³-hybridized carbons (Fsp3) is 0.333. The van der Waals surface area contributed by atoms with Gasteiger partial charge in [-0.1, -0.05) is 29.8 Å². The average molecular weight is 437 g/mol. The van der Waals surface area contributed by atoms with Gasteiger partial charge in [0.2, 0.25) is 0 Å². The molecule has 1 aliphatic heterocycles. The van der Waals surface area contributed by atoms with Gasteiger partial charge in [0.15, 0.2) is 0 Å². The molecule has 8 heteroatoms. The minimum absolute atomic E-state index is 0.0472. The lowest BCUT2D eigenvalue weighted by molar-refractivity contribution is -0.384. The lowest BCUT2D eigenvalue weighted by Gasteiger charge is -2.26. The molecule has 2 aromatic rings. The minimum Gasteiger partial charge on any atom is -0.507 e. The number of rotatable bonds is 7. The van der Waals surface area contributed by atoms with Crippen LogP contribution in [-0.2, 0) is 9.59 Å². The number of hydrogen-bond donors (Lipinski definition) is 1. The number of non-ortho nitro benzene ring substituents is 1. The third kappa shape index (κ3) is 4.55. The lowest BCUT2D eigenvalue weighted by atomic mass is 9.93. The predicted octanol–water partition coefficient (Wildman–Crippen LogP) is 3.59. The molecule has 1 unspecified atom stereocenters. The highest BCUT2D eigenvalue weighted by atomic mass is 16.6. The summed E-state index contributed by atoms with van der Waals surface area (Å²) in [6, 6.07) is 10.4. The number of nitrogens with zero attached hydrogens (tertiary/aromatic N) is 3. The van der Waals surface area contributed by atoms with Crippen LogP contribution in [0.1, 0.15) is 34.7 Å². The van der Waals surface area contributed by atoms with E-state index in [0.29, 0.717) is 24.1 Å². The molecule has 1 aliphatic rings. The second-order valence-electron chi connectivity index (χ2n) is 8.32. The molecule has 1 atom stereocenters. The van der Waals surface area contributed by atoms with Crippen LogP contribution in [0.5, 0.6) is 0 Å². The molecule has 1 amide bonds. The normalized spacial score (nSPS) is 17.9. The Morgan fingerprint density at radius 3 is 2.53 bits per heavy atom. The molecule has 8 nitrogen and oxygen atoms in total. The first-order chi connectivity index (χ1) is 15.1. The number of aliphatic hydroxyl groups is 1. The molecular formula is C24H27N3O5. The molecule has 1 fully saturated rings. The van der Waals surface area contributed by atoms with Gasteiger partial charge in [0.25, 0.3) is 17.4 Å². The summed E-state index contributed by atoms with van der Waals surface area (Å²) in [6.07, 6.45) is 0.606. The smallest absolute Gasteiger partial charge is 0.295 e. The van der Waals surface area contributed by atoms with E-state index in [0.717, 1.165) is 11.1 Å². The van der Waals surface area contributed by atoms with Gasteiger partial charge in [-0.05, 0) is 58.1 Å². The number of ketones is 1. The summed E-state index contributed by atoms with van der Waals surface area (Å²) in [5.74, 6) is -1.77. The van der Waals surface area contributed by atoms with Crippen molar-refractivity contribution in [2.45, 2.75) is 26.3 Å². The summed E-state index contributed by atoms with van der Waals surface area (Å²) in [6.45, 7) is 4.65. The zero-order valence-electron chi connectivity index (χ0n) is 18.7. The molecular weight excluding hydrogens is 410 g/mol. The topological polar surface area (TPSA) is 104 Å². The molecule has 1 N–H and O–H groups in total. The molecule has 1 saturated heterocycles. The predicted molar refractivity (Wildman–Crippen MR) is 121 cm³/mol. The van der Waals surface area contributed by atoms with Crippen LogP contribution >= 0.6 is 0 Å². The fourth-order valence-corrected chi connectivity index (χ4v) is 3.96. The number of likely N-dealkylation sites (tertiary alicyclic amines) is 1. The van der Waals surface area contributed by atoms with E-state index in [1.807, 2.05) is 45.0 Å². The van der Waals surface area contributed by atoms with Gasteiger partial charge in [0, 0.05) is 24.2 Å². The summed E-state index contributed by atoms with van der Waals surface area (Å²) >= 11 is 0. The zero-order valence-corrected chi connectivity index (χ0v) is 18.7. The number of nitro groups is 1. The van der Waals surface area contributed by atoms with Gasteiger partial charge in [-0.15, -0.1) is 0 Å². The Kier molecular flexibility index (Phi) is 6.74. The number of carbonyl (C=O) groups is 2. The summed E-state index contributed by atoms with van der Waals surface area (Å²) in [4.78, 5) is 40.2. The number of hydrogen-bond acceptors (Lipinski definition) is 6. The van der Waals surface area contributed by atoms with E-state index in [1.54, 1.807) is 12.1 Å². The van der Waals surface area contributed by atoms with Crippen molar-refractivity contribution in [3.8, 4) is 0 Å². The van der Waals surface area contributed by atoms with E-state index >= 15 is 0 Å². The van der Waals surface area contributed by atoms with E-state index in [4.69, 9.17) is 0 Å². The highest BCUT2D eigenvalue weighted by Crippen LogP contribution is 2.40. The largest absolute Gasteiger partial charge is 0.507 e. The standard InChI is InChI=1S/C24H27N3O5/c1-15-9-10-16(2)19(13-15)22(28)20-21(17-7-5-8-18(14-17)27(31)32)26(24(30)23(20)29)12-6-11-25(3)4/h5,7-10,13-14,21,28H,6,11-12H2,1-4H3. The zero-order chi connectivity index (χ0) is 23.6. The van der Waals surface area contributed by atoms with E-state index < -0.39 is 22.7 Å². The number of aliphatic hydroxyl groups excluding tert-OH is 1. The second kappa shape index (κ2) is 9.32. The molecule has 0 aromatic heterocycles. The van der Waals surface area contributed by atoms with Crippen LogP contribution in [0.25, 0.3) is 5.76 Å². The Balaban J connectivity index is 2.18. The van der Waals surface area contributed by atoms with E-state index in [1.165, 1.54) is 23.1 Å². The van der Waals surface area contributed by atoms with Crippen LogP contribution in [0.4, 0.5) is 5.69 Å². The van der Waals surface area contributed by atoms with Gasteiger partial charge in [0.1, 0.15) is 5.76 Å². The highest BCUT2D eigenvalue weighted by Gasteiger charge is 2.46. The quantitative estimate of drug-likeness (QED) is 0.233. The Hall–Kier alpha value is -3.52. The maximum atomic E-state index is 13.1. The summed E-state index contributed by atoms with van der Waals surface area (Å²) < 4.78 is 0. The van der Waals surface area contributed by atoms with Gasteiger partial charge in [-0.3, -0.25) is 19.7 Å². The first-order valence-electron chi connectivity index (χ1n) is 10.4. The van der Waals surface area contributed by atoms with Crippen molar-refractivity contribution in [2.75, 3.05) is 27.2 Å². The van der Waals surface area contributed by atoms with Crippen LogP contribution in [0.15, 0.2) is 48.0 Å². The third-order valence-corrected chi connectivity index (χ3v) is 5.59. The molecule has 0 saturated carbocycles. The maximum Gasteiger partial charge on any atom is 0.295 e. The number of nitro benzene ring substituents is 1. The van der Waals surface area contributed by atoms with E-state index in [9.17, 15) is 24.8 Å². The molecule has 0 spiro atoms. The van der Waals surface area contributed by atoms with Crippen molar-refractivity contribution < 1.29 is 19.6 Å². The van der Waals surface area contributed by atoms with Crippen molar-refractivity contribution in [1.29, 1.82) is 0 Å². The Morgan fingerprint density at radius 2 is 1.88 bits per heavy atom. The molecule has 3 rings (SSSR count). The van der Waals surface area contributed by atoms with Crippen LogP contribution in [0, 0.1) is 24.0 Å². The van der Waals surface area contributed by atoms with Crippen molar-refractivity contribution >= 4 is 23.1 Å². The Labute approximate surface area is 186 Å².